The van der Waals surface area contributed by atoms with Crippen molar-refractivity contribution >= 4 is 23.2 Å². The average molecular weight is 339 g/mol. The highest BCUT2D eigenvalue weighted by molar-refractivity contribution is 5.95. The molecule has 2 aliphatic rings. The van der Waals surface area contributed by atoms with E-state index >= 15 is 0 Å². The number of amides is 2. The van der Waals surface area contributed by atoms with Gasteiger partial charge in [-0.1, -0.05) is 12.1 Å². The Morgan fingerprint density at radius 2 is 2.16 bits per heavy atom. The molecule has 0 saturated carbocycles. The van der Waals surface area contributed by atoms with E-state index in [1.165, 1.54) is 0 Å². The number of nitrogens with one attached hydrogen (secondary N) is 2. The zero-order chi connectivity index (χ0) is 17.7. The van der Waals surface area contributed by atoms with Crippen LogP contribution in [0.15, 0.2) is 34.5 Å². The van der Waals surface area contributed by atoms with Crippen molar-refractivity contribution in [2.24, 2.45) is 10.2 Å². The molecule has 25 heavy (non-hydrogen) atoms. The molecule has 0 atom stereocenters. The van der Waals surface area contributed by atoms with Gasteiger partial charge in [0.25, 0.3) is 0 Å². The molecule has 0 spiro atoms. The molecule has 0 aliphatic carbocycles. The second kappa shape index (κ2) is 7.34. The third-order valence-corrected chi connectivity index (χ3v) is 4.36. The number of carbonyl (C=O) groups is 2. The summed E-state index contributed by atoms with van der Waals surface area (Å²) < 4.78 is 0. The average Bonchev–Trinajstić information content (AvgIpc) is 3.39. The van der Waals surface area contributed by atoms with Crippen LogP contribution in [0.5, 0.6) is 0 Å². The van der Waals surface area contributed by atoms with Gasteiger partial charge in [-0.15, -0.1) is 12.3 Å². The Balaban J connectivity index is 1.58. The minimum atomic E-state index is -0.450. The molecule has 1 aromatic rings. The standard InChI is InChI=1S/C18H21N5O2/c1-2-3-9-18(21-22-18)10-8-16(24)20-14-6-4-5-7-15(14)23-12-11-19-17(25)13-23/h1,4-7H,3,8-13H2,(H,19,25)(H,20,24). The molecule has 130 valence electrons. The fourth-order valence-corrected chi connectivity index (χ4v) is 2.89. The van der Waals surface area contributed by atoms with Gasteiger partial charge in [-0.25, -0.2) is 0 Å². The topological polar surface area (TPSA) is 86.2 Å². The molecular formula is C18H21N5O2. The predicted octanol–water partition coefficient (Wildman–Crippen LogP) is 1.92. The smallest absolute Gasteiger partial charge is 0.239 e. The Morgan fingerprint density at radius 3 is 2.88 bits per heavy atom. The maximum absolute atomic E-state index is 12.3. The van der Waals surface area contributed by atoms with Crippen molar-refractivity contribution in [3.63, 3.8) is 0 Å². The molecule has 2 amide bonds. The third kappa shape index (κ3) is 4.35. The van der Waals surface area contributed by atoms with Gasteiger partial charge in [0, 0.05) is 38.8 Å². The summed E-state index contributed by atoms with van der Waals surface area (Å²) in [5.74, 6) is 2.47. The summed E-state index contributed by atoms with van der Waals surface area (Å²) in [5.41, 5.74) is 1.12. The van der Waals surface area contributed by atoms with Gasteiger partial charge in [-0.05, 0) is 12.1 Å². The highest BCUT2D eigenvalue weighted by Crippen LogP contribution is 2.37. The molecule has 1 aromatic carbocycles. The quantitative estimate of drug-likeness (QED) is 0.744. The van der Waals surface area contributed by atoms with Crippen LogP contribution in [0.2, 0.25) is 0 Å². The van der Waals surface area contributed by atoms with Crippen molar-refractivity contribution in [2.75, 3.05) is 29.9 Å². The van der Waals surface area contributed by atoms with Crippen LogP contribution in [0, 0.1) is 12.3 Å². The Morgan fingerprint density at radius 1 is 1.36 bits per heavy atom. The Kier molecular flexibility index (Phi) is 4.98. The van der Waals surface area contributed by atoms with Crippen LogP contribution >= 0.6 is 0 Å². The second-order valence-corrected chi connectivity index (χ2v) is 6.22. The zero-order valence-electron chi connectivity index (χ0n) is 14.0. The second-order valence-electron chi connectivity index (χ2n) is 6.22. The van der Waals surface area contributed by atoms with E-state index in [1.54, 1.807) is 0 Å². The van der Waals surface area contributed by atoms with Crippen molar-refractivity contribution < 1.29 is 9.59 Å². The highest BCUT2D eigenvalue weighted by Gasteiger charge is 2.39. The number of anilines is 2. The van der Waals surface area contributed by atoms with E-state index in [2.05, 4.69) is 26.8 Å². The molecular weight excluding hydrogens is 318 g/mol. The summed E-state index contributed by atoms with van der Waals surface area (Å²) >= 11 is 0. The van der Waals surface area contributed by atoms with E-state index in [-0.39, 0.29) is 11.8 Å². The van der Waals surface area contributed by atoms with Crippen LogP contribution in [0.3, 0.4) is 0 Å². The van der Waals surface area contributed by atoms with Crippen molar-refractivity contribution in [1.29, 1.82) is 0 Å². The number of terminal acetylenes is 1. The molecule has 1 fully saturated rings. The first-order valence-corrected chi connectivity index (χ1v) is 8.40. The number of para-hydroxylation sites is 2. The fourth-order valence-electron chi connectivity index (χ4n) is 2.89. The summed E-state index contributed by atoms with van der Waals surface area (Å²) in [6.07, 6.45) is 7.46. The van der Waals surface area contributed by atoms with E-state index < -0.39 is 5.66 Å². The third-order valence-electron chi connectivity index (χ3n) is 4.36. The fraction of sp³-hybridized carbons (Fsp3) is 0.444. The first-order chi connectivity index (χ1) is 12.1. The number of rotatable bonds is 7. The van der Waals surface area contributed by atoms with Crippen molar-refractivity contribution in [2.45, 2.75) is 31.3 Å². The van der Waals surface area contributed by atoms with Crippen molar-refractivity contribution in [1.82, 2.24) is 5.32 Å². The number of benzene rings is 1. The Labute approximate surface area is 146 Å². The number of hydrogen-bond donors (Lipinski definition) is 2. The van der Waals surface area contributed by atoms with Gasteiger partial charge < -0.3 is 15.5 Å². The van der Waals surface area contributed by atoms with Crippen LogP contribution < -0.4 is 15.5 Å². The lowest BCUT2D eigenvalue weighted by Crippen LogP contribution is -2.47. The number of carbonyl (C=O) groups excluding carboxylic acids is 2. The van der Waals surface area contributed by atoms with E-state index in [1.807, 2.05) is 29.2 Å². The lowest BCUT2D eigenvalue weighted by Gasteiger charge is -2.30. The number of piperazine rings is 1. The monoisotopic (exact) mass is 339 g/mol. The van der Waals surface area contributed by atoms with Crippen LogP contribution in [0.1, 0.15) is 25.7 Å². The molecule has 2 N–H and O–H groups in total. The first kappa shape index (κ1) is 17.0. The Bertz CT molecular complexity index is 731. The first-order valence-electron chi connectivity index (χ1n) is 8.40. The zero-order valence-corrected chi connectivity index (χ0v) is 14.0. The number of nitrogens with zero attached hydrogens (tertiary/aromatic N) is 3. The summed E-state index contributed by atoms with van der Waals surface area (Å²) in [6.45, 7) is 1.60. The van der Waals surface area contributed by atoms with E-state index in [0.29, 0.717) is 51.0 Å². The molecule has 0 bridgehead atoms. The van der Waals surface area contributed by atoms with Gasteiger partial charge in [-0.2, -0.15) is 10.2 Å². The van der Waals surface area contributed by atoms with Crippen LogP contribution in [-0.4, -0.2) is 37.1 Å². The molecule has 1 saturated heterocycles. The minimum Gasteiger partial charge on any atom is -0.359 e. The molecule has 7 heteroatoms. The lowest BCUT2D eigenvalue weighted by atomic mass is 10.0. The van der Waals surface area contributed by atoms with E-state index in [0.717, 1.165) is 5.69 Å². The molecule has 2 aliphatic heterocycles. The summed E-state index contributed by atoms with van der Waals surface area (Å²) in [5, 5.41) is 13.8. The van der Waals surface area contributed by atoms with Gasteiger partial charge in [-0.3, -0.25) is 9.59 Å². The molecule has 3 rings (SSSR count). The van der Waals surface area contributed by atoms with Crippen LogP contribution in [0.4, 0.5) is 11.4 Å². The van der Waals surface area contributed by atoms with E-state index in [9.17, 15) is 9.59 Å². The molecule has 0 aromatic heterocycles. The SMILES string of the molecule is C#CCCC1(CCC(=O)Nc2ccccc2N2CCNC(=O)C2)N=N1. The van der Waals surface area contributed by atoms with Gasteiger partial charge in [0.05, 0.1) is 17.9 Å². The molecule has 0 radical (unpaired) electrons. The molecule has 7 nitrogen and oxygen atoms in total. The van der Waals surface area contributed by atoms with Crippen molar-refractivity contribution in [3.8, 4) is 12.3 Å². The van der Waals surface area contributed by atoms with Gasteiger partial charge in [0.1, 0.15) is 0 Å². The Hall–Kier alpha value is -2.88. The lowest BCUT2D eigenvalue weighted by molar-refractivity contribution is -0.120. The van der Waals surface area contributed by atoms with E-state index in [4.69, 9.17) is 6.42 Å². The van der Waals surface area contributed by atoms with Crippen molar-refractivity contribution in [3.05, 3.63) is 24.3 Å². The molecule has 2 heterocycles. The summed E-state index contributed by atoms with van der Waals surface area (Å²) in [7, 11) is 0. The summed E-state index contributed by atoms with van der Waals surface area (Å²) in [6, 6.07) is 7.52. The van der Waals surface area contributed by atoms with Gasteiger partial charge in [0.2, 0.25) is 11.8 Å². The van der Waals surface area contributed by atoms with Gasteiger partial charge >= 0.3 is 0 Å². The van der Waals surface area contributed by atoms with Crippen LogP contribution in [-0.2, 0) is 9.59 Å². The summed E-state index contributed by atoms with van der Waals surface area (Å²) in [4.78, 5) is 25.9. The number of hydrogen-bond acceptors (Lipinski definition) is 5. The maximum atomic E-state index is 12.3. The predicted molar refractivity (Wildman–Crippen MR) is 95.2 cm³/mol. The largest absolute Gasteiger partial charge is 0.359 e. The molecule has 0 unspecified atom stereocenters. The minimum absolute atomic E-state index is 0.0141. The maximum Gasteiger partial charge on any atom is 0.239 e. The van der Waals surface area contributed by atoms with Gasteiger partial charge in [0.15, 0.2) is 5.66 Å². The van der Waals surface area contributed by atoms with Crippen LogP contribution in [0.25, 0.3) is 0 Å². The normalized spacial score (nSPS) is 17.6. The highest BCUT2D eigenvalue weighted by atomic mass is 16.2.